The van der Waals surface area contributed by atoms with Crippen molar-refractivity contribution in [3.63, 3.8) is 0 Å². The SMILES string of the molecule is CC(C)(C)N1CC(c2cc3ccccc3o2)C(=N)C1c1ccccc1. The zero-order chi connectivity index (χ0) is 17.6. The van der Waals surface area contributed by atoms with Gasteiger partial charge in [-0.25, -0.2) is 0 Å². The van der Waals surface area contributed by atoms with Crippen molar-refractivity contribution in [2.75, 3.05) is 6.54 Å². The van der Waals surface area contributed by atoms with Gasteiger partial charge in [0.15, 0.2) is 0 Å². The van der Waals surface area contributed by atoms with E-state index in [0.717, 1.165) is 29.0 Å². The van der Waals surface area contributed by atoms with Crippen molar-refractivity contribution in [3.8, 4) is 0 Å². The first-order valence-corrected chi connectivity index (χ1v) is 8.83. The zero-order valence-corrected chi connectivity index (χ0v) is 15.0. The Morgan fingerprint density at radius 2 is 1.68 bits per heavy atom. The van der Waals surface area contributed by atoms with Crippen molar-refractivity contribution in [2.24, 2.45) is 0 Å². The van der Waals surface area contributed by atoms with Crippen LogP contribution in [0.4, 0.5) is 0 Å². The van der Waals surface area contributed by atoms with Crippen molar-refractivity contribution >= 4 is 16.7 Å². The number of rotatable bonds is 2. The normalized spacial score (nSPS) is 22.0. The Bertz CT molecular complexity index is 871. The van der Waals surface area contributed by atoms with Crippen LogP contribution in [-0.4, -0.2) is 22.7 Å². The molecular formula is C22H24N2O. The molecule has 2 heterocycles. The van der Waals surface area contributed by atoms with Crippen LogP contribution in [0, 0.1) is 5.41 Å². The van der Waals surface area contributed by atoms with Crippen LogP contribution in [0.15, 0.2) is 65.1 Å². The Hall–Kier alpha value is -2.39. The molecule has 3 nitrogen and oxygen atoms in total. The van der Waals surface area contributed by atoms with E-state index >= 15 is 0 Å². The molecule has 128 valence electrons. The highest BCUT2D eigenvalue weighted by Gasteiger charge is 2.44. The van der Waals surface area contributed by atoms with E-state index < -0.39 is 0 Å². The van der Waals surface area contributed by atoms with Gasteiger partial charge in [0, 0.05) is 23.2 Å². The van der Waals surface area contributed by atoms with Crippen LogP contribution < -0.4 is 0 Å². The summed E-state index contributed by atoms with van der Waals surface area (Å²) in [4.78, 5) is 2.42. The summed E-state index contributed by atoms with van der Waals surface area (Å²) in [5, 5.41) is 10.0. The molecule has 2 atom stereocenters. The van der Waals surface area contributed by atoms with Crippen LogP contribution in [0.3, 0.4) is 0 Å². The minimum atomic E-state index is -0.0203. The van der Waals surface area contributed by atoms with E-state index in [1.54, 1.807) is 0 Å². The average Bonchev–Trinajstić information content (AvgIpc) is 3.16. The Balaban J connectivity index is 1.76. The molecular weight excluding hydrogens is 308 g/mol. The lowest BCUT2D eigenvalue weighted by Gasteiger charge is -2.36. The van der Waals surface area contributed by atoms with Gasteiger partial charge >= 0.3 is 0 Å². The van der Waals surface area contributed by atoms with E-state index in [1.807, 2.05) is 24.3 Å². The summed E-state index contributed by atoms with van der Waals surface area (Å²) in [6.07, 6.45) is 0. The maximum Gasteiger partial charge on any atom is 0.134 e. The van der Waals surface area contributed by atoms with Crippen LogP contribution in [-0.2, 0) is 0 Å². The van der Waals surface area contributed by atoms with Crippen LogP contribution in [0.25, 0.3) is 11.0 Å². The first-order chi connectivity index (χ1) is 11.9. The predicted molar refractivity (Wildman–Crippen MR) is 102 cm³/mol. The molecule has 3 heteroatoms. The molecule has 1 aliphatic rings. The molecule has 2 aromatic carbocycles. The highest BCUT2D eigenvalue weighted by atomic mass is 16.3. The third-order valence-corrected chi connectivity index (χ3v) is 5.13. The third-order valence-electron chi connectivity index (χ3n) is 5.13. The van der Waals surface area contributed by atoms with Crippen LogP contribution in [0.5, 0.6) is 0 Å². The summed E-state index contributed by atoms with van der Waals surface area (Å²) in [7, 11) is 0. The van der Waals surface area contributed by atoms with Crippen molar-refractivity contribution in [1.82, 2.24) is 4.90 Å². The number of hydrogen-bond acceptors (Lipinski definition) is 3. The van der Waals surface area contributed by atoms with E-state index in [4.69, 9.17) is 9.83 Å². The van der Waals surface area contributed by atoms with Gasteiger partial charge in [-0.05, 0) is 38.5 Å². The summed E-state index contributed by atoms with van der Waals surface area (Å²) < 4.78 is 6.10. The molecule has 1 fully saturated rings. The minimum Gasteiger partial charge on any atom is -0.460 e. The lowest BCUT2D eigenvalue weighted by Crippen LogP contribution is -2.41. The molecule has 0 aliphatic carbocycles. The molecule has 25 heavy (non-hydrogen) atoms. The van der Waals surface area contributed by atoms with Crippen molar-refractivity contribution in [1.29, 1.82) is 5.41 Å². The van der Waals surface area contributed by atoms with Crippen LogP contribution in [0.1, 0.15) is 44.1 Å². The van der Waals surface area contributed by atoms with E-state index in [1.165, 1.54) is 5.56 Å². The lowest BCUT2D eigenvalue weighted by molar-refractivity contribution is 0.132. The zero-order valence-electron chi connectivity index (χ0n) is 15.0. The Morgan fingerprint density at radius 3 is 2.36 bits per heavy atom. The lowest BCUT2D eigenvalue weighted by atomic mass is 9.94. The molecule has 0 spiro atoms. The van der Waals surface area contributed by atoms with Gasteiger partial charge in [-0.1, -0.05) is 48.5 Å². The van der Waals surface area contributed by atoms with Gasteiger partial charge in [-0.2, -0.15) is 0 Å². The third kappa shape index (κ3) is 2.79. The number of nitrogens with one attached hydrogen (secondary N) is 1. The van der Waals surface area contributed by atoms with Gasteiger partial charge in [0.1, 0.15) is 11.3 Å². The highest BCUT2D eigenvalue weighted by molar-refractivity contribution is 5.96. The van der Waals surface area contributed by atoms with Gasteiger partial charge < -0.3 is 9.83 Å². The molecule has 1 aliphatic heterocycles. The second kappa shape index (κ2) is 5.85. The summed E-state index contributed by atoms with van der Waals surface area (Å²) in [5.74, 6) is 0.899. The van der Waals surface area contributed by atoms with Gasteiger partial charge in [-0.3, -0.25) is 4.90 Å². The van der Waals surface area contributed by atoms with Crippen molar-refractivity contribution in [3.05, 3.63) is 72.0 Å². The molecule has 0 bridgehead atoms. The molecule has 1 saturated heterocycles. The fourth-order valence-electron chi connectivity index (χ4n) is 3.83. The summed E-state index contributed by atoms with van der Waals surface area (Å²) in [6.45, 7) is 7.47. The number of fused-ring (bicyclic) bond motifs is 1. The van der Waals surface area contributed by atoms with Gasteiger partial charge in [-0.15, -0.1) is 0 Å². The number of benzene rings is 2. The summed E-state index contributed by atoms with van der Waals surface area (Å²) in [5.41, 5.74) is 2.78. The van der Waals surface area contributed by atoms with Crippen LogP contribution >= 0.6 is 0 Å². The van der Waals surface area contributed by atoms with E-state index in [2.05, 4.69) is 62.1 Å². The largest absolute Gasteiger partial charge is 0.460 e. The molecule has 1 N–H and O–H groups in total. The highest BCUT2D eigenvalue weighted by Crippen LogP contribution is 2.42. The summed E-state index contributed by atoms with van der Waals surface area (Å²) >= 11 is 0. The predicted octanol–water partition coefficient (Wildman–Crippen LogP) is 5.39. The maximum absolute atomic E-state index is 8.92. The van der Waals surface area contributed by atoms with Crippen molar-refractivity contribution < 1.29 is 4.42 Å². The fourth-order valence-corrected chi connectivity index (χ4v) is 3.83. The molecule has 2 unspecified atom stereocenters. The summed E-state index contributed by atoms with van der Waals surface area (Å²) in [6, 6.07) is 20.6. The van der Waals surface area contributed by atoms with E-state index in [0.29, 0.717) is 0 Å². The molecule has 4 rings (SSSR count). The number of nitrogens with zero attached hydrogens (tertiary/aromatic N) is 1. The topological polar surface area (TPSA) is 40.2 Å². The molecule has 0 amide bonds. The quantitative estimate of drug-likeness (QED) is 0.683. The second-order valence-electron chi connectivity index (χ2n) is 7.83. The van der Waals surface area contributed by atoms with E-state index in [9.17, 15) is 0 Å². The van der Waals surface area contributed by atoms with Crippen molar-refractivity contribution in [2.45, 2.75) is 38.3 Å². The monoisotopic (exact) mass is 332 g/mol. The molecule has 3 aromatic rings. The fraction of sp³-hybridized carbons (Fsp3) is 0.318. The first-order valence-electron chi connectivity index (χ1n) is 8.83. The second-order valence-corrected chi connectivity index (χ2v) is 7.83. The average molecular weight is 332 g/mol. The van der Waals surface area contributed by atoms with Gasteiger partial charge in [0.05, 0.1) is 12.0 Å². The molecule has 0 radical (unpaired) electrons. The first kappa shape index (κ1) is 16.1. The Kier molecular flexibility index (Phi) is 3.77. The Labute approximate surface area is 148 Å². The number of furan rings is 1. The molecule has 1 aromatic heterocycles. The van der Waals surface area contributed by atoms with Gasteiger partial charge in [0.2, 0.25) is 0 Å². The number of para-hydroxylation sites is 1. The number of hydrogen-bond donors (Lipinski definition) is 1. The van der Waals surface area contributed by atoms with Gasteiger partial charge in [0.25, 0.3) is 0 Å². The minimum absolute atomic E-state index is 0.000544. The Morgan fingerprint density at radius 1 is 1.00 bits per heavy atom. The number of likely N-dealkylation sites (tertiary alicyclic amines) is 1. The smallest absolute Gasteiger partial charge is 0.134 e. The van der Waals surface area contributed by atoms with E-state index in [-0.39, 0.29) is 17.5 Å². The molecule has 0 saturated carbocycles. The maximum atomic E-state index is 8.92. The van der Waals surface area contributed by atoms with Crippen LogP contribution in [0.2, 0.25) is 0 Å². The standard InChI is InChI=1S/C22H24N2O/c1-22(2,3)24-14-17(19-13-16-11-7-8-12-18(16)25-19)20(23)21(24)15-9-5-4-6-10-15/h4-13,17,21,23H,14H2,1-3H3.